The number of carbonyl (C=O) groups is 2. The van der Waals surface area contributed by atoms with Gasteiger partial charge < -0.3 is 20.3 Å². The fourth-order valence-electron chi connectivity index (χ4n) is 9.02. The summed E-state index contributed by atoms with van der Waals surface area (Å²) in [5.74, 6) is -0.0920. The molecule has 2 atom stereocenters. The van der Waals surface area contributed by atoms with Gasteiger partial charge in [-0.05, 0) is 57.8 Å². The number of ether oxygens (including phenoxy) is 1. The lowest BCUT2D eigenvalue weighted by atomic mass is 10.0. The molecule has 0 heterocycles. The molecule has 0 aromatic heterocycles. The van der Waals surface area contributed by atoms with Crippen molar-refractivity contribution >= 4 is 11.9 Å². The van der Waals surface area contributed by atoms with E-state index in [4.69, 9.17) is 4.74 Å². The van der Waals surface area contributed by atoms with E-state index in [-0.39, 0.29) is 18.5 Å². The Hall–Kier alpha value is -1.66. The monoisotopic (exact) mass is 916 g/mol. The Morgan fingerprint density at radius 1 is 0.431 bits per heavy atom. The number of allylic oxidation sites excluding steroid dienone is 4. The maximum Gasteiger partial charge on any atom is 0.305 e. The molecule has 0 aliphatic heterocycles. The van der Waals surface area contributed by atoms with Gasteiger partial charge in [0, 0.05) is 12.8 Å². The molecule has 0 radical (unpaired) electrons. The summed E-state index contributed by atoms with van der Waals surface area (Å²) in [5, 5.41) is 23.3. The van der Waals surface area contributed by atoms with E-state index in [9.17, 15) is 19.8 Å². The third-order valence-electron chi connectivity index (χ3n) is 13.5. The number of aliphatic hydroxyl groups is 2. The van der Waals surface area contributed by atoms with E-state index < -0.39 is 12.1 Å². The minimum atomic E-state index is -0.683. The Kier molecular flexibility index (Phi) is 53.5. The summed E-state index contributed by atoms with van der Waals surface area (Å²) < 4.78 is 5.46. The molecule has 0 aromatic carbocycles. The molecule has 0 bridgehead atoms. The van der Waals surface area contributed by atoms with E-state index in [0.29, 0.717) is 25.9 Å². The molecule has 65 heavy (non-hydrogen) atoms. The van der Waals surface area contributed by atoms with Crippen LogP contribution >= 0.6 is 0 Å². The van der Waals surface area contributed by atoms with Crippen LogP contribution < -0.4 is 5.32 Å². The van der Waals surface area contributed by atoms with Gasteiger partial charge in [-0.3, -0.25) is 9.59 Å². The normalized spacial score (nSPS) is 12.7. The molecule has 0 spiro atoms. The van der Waals surface area contributed by atoms with E-state index in [2.05, 4.69) is 43.5 Å². The second-order valence-electron chi connectivity index (χ2n) is 20.0. The zero-order chi connectivity index (χ0) is 47.2. The summed E-state index contributed by atoms with van der Waals surface area (Å²) in [5.41, 5.74) is 0. The number of amides is 1. The van der Waals surface area contributed by atoms with Gasteiger partial charge in [0.25, 0.3) is 0 Å². The SMILES string of the molecule is CCCCC/C=C\C/C=C\CCCCCCCCCC(=O)OCCCCCCCCCCCC(=O)NC(CO)C(O)CCCCCCCCCCCCCCCCCCCCCCCC. The van der Waals surface area contributed by atoms with Crippen molar-refractivity contribution in [3.8, 4) is 0 Å². The van der Waals surface area contributed by atoms with Crippen molar-refractivity contribution < 1.29 is 24.5 Å². The highest BCUT2D eigenvalue weighted by Gasteiger charge is 2.20. The van der Waals surface area contributed by atoms with Crippen molar-refractivity contribution in [3.63, 3.8) is 0 Å². The zero-order valence-electron chi connectivity index (χ0n) is 43.7. The average Bonchev–Trinajstić information content (AvgIpc) is 3.31. The summed E-state index contributed by atoms with van der Waals surface area (Å²) >= 11 is 0. The van der Waals surface area contributed by atoms with E-state index >= 15 is 0 Å². The molecule has 0 rings (SSSR count). The van der Waals surface area contributed by atoms with Gasteiger partial charge in [0.2, 0.25) is 5.91 Å². The van der Waals surface area contributed by atoms with E-state index in [1.165, 1.54) is 218 Å². The van der Waals surface area contributed by atoms with Gasteiger partial charge in [0.15, 0.2) is 0 Å². The maximum absolute atomic E-state index is 12.5. The molecule has 6 nitrogen and oxygen atoms in total. The molecule has 3 N–H and O–H groups in total. The minimum absolute atomic E-state index is 0.0317. The molecule has 0 aliphatic carbocycles. The molecule has 0 aromatic rings. The van der Waals surface area contributed by atoms with E-state index in [0.717, 1.165) is 64.2 Å². The number of nitrogens with one attached hydrogen (secondary N) is 1. The number of aliphatic hydroxyl groups excluding tert-OH is 2. The molecular formula is C59H113NO5. The Morgan fingerprint density at radius 2 is 0.769 bits per heavy atom. The summed E-state index contributed by atoms with van der Waals surface area (Å²) in [6, 6.07) is -0.563. The van der Waals surface area contributed by atoms with E-state index in [1.807, 2.05) is 0 Å². The summed E-state index contributed by atoms with van der Waals surface area (Å²) in [4.78, 5) is 24.6. The molecule has 0 saturated heterocycles. The quantitative estimate of drug-likeness (QED) is 0.0321. The molecule has 0 aliphatic rings. The number of rotatable bonds is 54. The van der Waals surface area contributed by atoms with Gasteiger partial charge in [-0.2, -0.15) is 0 Å². The van der Waals surface area contributed by atoms with Crippen LogP contribution in [-0.2, 0) is 14.3 Å². The van der Waals surface area contributed by atoms with Crippen LogP contribution in [0.5, 0.6) is 0 Å². The first kappa shape index (κ1) is 63.3. The van der Waals surface area contributed by atoms with Crippen LogP contribution in [0.25, 0.3) is 0 Å². The number of carbonyl (C=O) groups excluding carboxylic acids is 2. The Balaban J connectivity index is 3.47. The first-order chi connectivity index (χ1) is 32.0. The molecule has 0 fully saturated rings. The molecule has 6 heteroatoms. The van der Waals surface area contributed by atoms with Crippen LogP contribution in [0.4, 0.5) is 0 Å². The molecule has 2 unspecified atom stereocenters. The predicted molar refractivity (Wildman–Crippen MR) is 283 cm³/mol. The minimum Gasteiger partial charge on any atom is -0.466 e. The van der Waals surface area contributed by atoms with Gasteiger partial charge in [0.05, 0.1) is 25.4 Å². The smallest absolute Gasteiger partial charge is 0.305 e. The van der Waals surface area contributed by atoms with Crippen molar-refractivity contribution in [1.29, 1.82) is 0 Å². The van der Waals surface area contributed by atoms with Gasteiger partial charge in [-0.15, -0.1) is 0 Å². The summed E-state index contributed by atoms with van der Waals surface area (Å²) in [6.07, 6.45) is 65.9. The lowest BCUT2D eigenvalue weighted by Crippen LogP contribution is -2.45. The van der Waals surface area contributed by atoms with Crippen molar-refractivity contribution in [2.75, 3.05) is 13.2 Å². The average molecular weight is 917 g/mol. The second kappa shape index (κ2) is 54.9. The number of esters is 1. The Bertz CT molecular complexity index is 1010. The molecule has 384 valence electrons. The van der Waals surface area contributed by atoms with Gasteiger partial charge in [0.1, 0.15) is 0 Å². The Labute approximate surface area is 405 Å². The summed E-state index contributed by atoms with van der Waals surface area (Å²) in [6.45, 7) is 4.88. The van der Waals surface area contributed by atoms with Crippen molar-refractivity contribution in [2.24, 2.45) is 0 Å². The third-order valence-corrected chi connectivity index (χ3v) is 13.5. The lowest BCUT2D eigenvalue weighted by Gasteiger charge is -2.22. The standard InChI is InChI=1S/C59H113NO5/c1-3-5-7-9-11-13-15-17-19-21-22-23-24-25-27-28-30-32-35-39-43-47-51-57(62)56(55-61)60-58(63)52-48-44-40-36-34-38-42-46-50-54-65-59(64)53-49-45-41-37-33-31-29-26-20-18-16-14-12-10-8-6-4-2/h12,14,18,20,56-57,61-62H,3-11,13,15-17,19,21-55H2,1-2H3,(H,60,63)/b14-12-,20-18-. The van der Waals surface area contributed by atoms with Crippen molar-refractivity contribution in [2.45, 2.75) is 328 Å². The van der Waals surface area contributed by atoms with Crippen LogP contribution in [0.3, 0.4) is 0 Å². The fraction of sp³-hybridized carbons (Fsp3) is 0.898. The zero-order valence-corrected chi connectivity index (χ0v) is 43.7. The van der Waals surface area contributed by atoms with E-state index in [1.54, 1.807) is 0 Å². The third kappa shape index (κ3) is 51.6. The van der Waals surface area contributed by atoms with Crippen molar-refractivity contribution in [1.82, 2.24) is 5.32 Å². The van der Waals surface area contributed by atoms with Crippen LogP contribution in [0.1, 0.15) is 316 Å². The second-order valence-corrected chi connectivity index (χ2v) is 20.0. The highest BCUT2D eigenvalue weighted by molar-refractivity contribution is 5.76. The lowest BCUT2D eigenvalue weighted by molar-refractivity contribution is -0.143. The van der Waals surface area contributed by atoms with Gasteiger partial charge in [-0.1, -0.05) is 269 Å². The maximum atomic E-state index is 12.5. The fourth-order valence-corrected chi connectivity index (χ4v) is 9.02. The Morgan fingerprint density at radius 3 is 1.20 bits per heavy atom. The largest absolute Gasteiger partial charge is 0.466 e. The van der Waals surface area contributed by atoms with Gasteiger partial charge >= 0.3 is 5.97 Å². The molecular weight excluding hydrogens is 803 g/mol. The van der Waals surface area contributed by atoms with Crippen molar-refractivity contribution in [3.05, 3.63) is 24.3 Å². The first-order valence-corrected chi connectivity index (χ1v) is 29.1. The van der Waals surface area contributed by atoms with Crippen LogP contribution in [0.15, 0.2) is 24.3 Å². The van der Waals surface area contributed by atoms with Crippen LogP contribution in [-0.4, -0.2) is 47.4 Å². The molecule has 1 amide bonds. The number of hydrogen-bond acceptors (Lipinski definition) is 5. The van der Waals surface area contributed by atoms with Crippen LogP contribution in [0.2, 0.25) is 0 Å². The number of hydrogen-bond donors (Lipinski definition) is 3. The summed E-state index contributed by atoms with van der Waals surface area (Å²) in [7, 11) is 0. The predicted octanol–water partition coefficient (Wildman–Crippen LogP) is 17.9. The highest BCUT2D eigenvalue weighted by Crippen LogP contribution is 2.17. The highest BCUT2D eigenvalue weighted by atomic mass is 16.5. The topological polar surface area (TPSA) is 95.9 Å². The number of unbranched alkanes of at least 4 members (excludes halogenated alkanes) is 39. The van der Waals surface area contributed by atoms with Crippen LogP contribution in [0, 0.1) is 0 Å². The molecule has 0 saturated carbocycles. The van der Waals surface area contributed by atoms with Gasteiger partial charge in [-0.25, -0.2) is 0 Å². The first-order valence-electron chi connectivity index (χ1n) is 29.1.